The number of hydrogen-bond acceptors (Lipinski definition) is 3. The fourth-order valence-corrected chi connectivity index (χ4v) is 1.78. The van der Waals surface area contributed by atoms with Crippen LogP contribution in [0.25, 0.3) is 0 Å². The van der Waals surface area contributed by atoms with E-state index < -0.39 is 5.60 Å². The topological polar surface area (TPSA) is 42.4 Å². The summed E-state index contributed by atoms with van der Waals surface area (Å²) >= 11 is 0. The molecule has 1 heterocycles. The minimum absolute atomic E-state index is 0.581. The van der Waals surface area contributed by atoms with Gasteiger partial charge in [0.15, 0.2) is 0 Å². The zero-order chi connectivity index (χ0) is 10.0. The zero-order valence-corrected chi connectivity index (χ0v) is 8.36. The Morgan fingerprint density at radius 2 is 2.36 bits per heavy atom. The van der Waals surface area contributed by atoms with Crippen LogP contribution in [0.4, 0.5) is 0 Å². The van der Waals surface area contributed by atoms with Gasteiger partial charge in [0.05, 0.1) is 12.2 Å². The molecule has 0 aliphatic heterocycles. The van der Waals surface area contributed by atoms with Gasteiger partial charge in [-0.05, 0) is 38.3 Å². The molecule has 2 rings (SSSR count). The van der Waals surface area contributed by atoms with Crippen LogP contribution in [0.15, 0.2) is 18.3 Å². The van der Waals surface area contributed by atoms with Crippen molar-refractivity contribution >= 4 is 0 Å². The van der Waals surface area contributed by atoms with E-state index in [2.05, 4.69) is 4.98 Å². The van der Waals surface area contributed by atoms with Gasteiger partial charge in [0.25, 0.3) is 0 Å². The molecule has 1 aromatic rings. The number of rotatable bonds is 3. The fourth-order valence-electron chi connectivity index (χ4n) is 1.78. The second kappa shape index (κ2) is 3.58. The molecule has 0 amide bonds. The molecular weight excluding hydrogens is 178 g/mol. The van der Waals surface area contributed by atoms with E-state index in [9.17, 15) is 5.11 Å². The first-order valence-electron chi connectivity index (χ1n) is 5.07. The maximum Gasteiger partial charge on any atom is 0.219 e. The maximum atomic E-state index is 10.2. The lowest BCUT2D eigenvalue weighted by Gasteiger charge is -2.37. The molecule has 1 aliphatic rings. The van der Waals surface area contributed by atoms with Crippen LogP contribution in [0.1, 0.15) is 31.7 Å². The quantitative estimate of drug-likeness (QED) is 0.796. The van der Waals surface area contributed by atoms with Crippen molar-refractivity contribution in [3.05, 3.63) is 23.9 Å². The van der Waals surface area contributed by atoms with E-state index in [-0.39, 0.29) is 0 Å². The summed E-state index contributed by atoms with van der Waals surface area (Å²) in [6.45, 7) is 2.50. The van der Waals surface area contributed by atoms with Crippen LogP contribution in [-0.2, 0) is 5.60 Å². The molecule has 0 atom stereocenters. The van der Waals surface area contributed by atoms with E-state index in [4.69, 9.17) is 4.74 Å². The number of nitrogens with zero attached hydrogens (tertiary/aromatic N) is 1. The Bertz CT molecular complexity index is 321. The number of hydrogen-bond donors (Lipinski definition) is 1. The second-order valence-electron chi connectivity index (χ2n) is 3.67. The molecule has 14 heavy (non-hydrogen) atoms. The van der Waals surface area contributed by atoms with Gasteiger partial charge in [-0.2, -0.15) is 0 Å². The molecule has 0 spiro atoms. The molecule has 1 fully saturated rings. The van der Waals surface area contributed by atoms with Gasteiger partial charge in [-0.15, -0.1) is 0 Å². The Morgan fingerprint density at radius 3 is 2.93 bits per heavy atom. The van der Waals surface area contributed by atoms with E-state index in [0.29, 0.717) is 12.5 Å². The highest BCUT2D eigenvalue weighted by molar-refractivity contribution is 5.33. The average molecular weight is 193 g/mol. The van der Waals surface area contributed by atoms with E-state index in [1.54, 1.807) is 6.20 Å². The molecule has 3 nitrogen and oxygen atoms in total. The van der Waals surface area contributed by atoms with Crippen LogP contribution in [-0.4, -0.2) is 16.7 Å². The molecule has 76 valence electrons. The van der Waals surface area contributed by atoms with E-state index in [1.165, 1.54) is 0 Å². The molecule has 1 N–H and O–H groups in total. The lowest BCUT2D eigenvalue weighted by Crippen LogP contribution is -2.34. The molecule has 1 aliphatic carbocycles. The molecule has 0 saturated heterocycles. The second-order valence-corrected chi connectivity index (χ2v) is 3.67. The average Bonchev–Trinajstić information content (AvgIpc) is 2.16. The van der Waals surface area contributed by atoms with Gasteiger partial charge in [0.1, 0.15) is 0 Å². The Kier molecular flexibility index (Phi) is 2.42. The molecule has 0 radical (unpaired) electrons. The summed E-state index contributed by atoms with van der Waals surface area (Å²) in [7, 11) is 0. The van der Waals surface area contributed by atoms with Gasteiger partial charge in [-0.1, -0.05) is 0 Å². The third-order valence-electron chi connectivity index (χ3n) is 2.73. The SMILES string of the molecule is CCOc1ncccc1C1(O)CCC1. The number of ether oxygens (including phenoxy) is 1. The van der Waals surface area contributed by atoms with Crippen LogP contribution < -0.4 is 4.74 Å². The highest BCUT2D eigenvalue weighted by Crippen LogP contribution is 2.43. The van der Waals surface area contributed by atoms with Crippen molar-refractivity contribution < 1.29 is 9.84 Å². The van der Waals surface area contributed by atoms with Gasteiger partial charge < -0.3 is 9.84 Å². The van der Waals surface area contributed by atoms with Crippen molar-refractivity contribution in [2.24, 2.45) is 0 Å². The summed E-state index contributed by atoms with van der Waals surface area (Å²) in [4.78, 5) is 4.13. The molecule has 0 aromatic carbocycles. The summed E-state index contributed by atoms with van der Waals surface area (Å²) in [5, 5.41) is 10.2. The lowest BCUT2D eigenvalue weighted by molar-refractivity contribution is -0.0412. The third-order valence-corrected chi connectivity index (χ3v) is 2.73. The minimum Gasteiger partial charge on any atom is -0.478 e. The standard InChI is InChI=1S/C11H15NO2/c1-2-14-10-9(5-3-8-12-10)11(13)6-4-7-11/h3,5,8,13H,2,4,6-7H2,1H3. The highest BCUT2D eigenvalue weighted by Gasteiger charge is 2.38. The Morgan fingerprint density at radius 1 is 1.57 bits per heavy atom. The van der Waals surface area contributed by atoms with Gasteiger partial charge in [-0.3, -0.25) is 0 Å². The summed E-state index contributed by atoms with van der Waals surface area (Å²) in [6, 6.07) is 3.74. The van der Waals surface area contributed by atoms with E-state index in [0.717, 1.165) is 24.8 Å². The Labute approximate surface area is 83.7 Å². The predicted octanol–water partition coefficient (Wildman–Crippen LogP) is 1.85. The largest absolute Gasteiger partial charge is 0.478 e. The summed E-state index contributed by atoms with van der Waals surface area (Å²) < 4.78 is 5.39. The zero-order valence-electron chi connectivity index (χ0n) is 8.36. The van der Waals surface area contributed by atoms with Crippen LogP contribution in [0.3, 0.4) is 0 Å². The van der Waals surface area contributed by atoms with Crippen molar-refractivity contribution in [3.8, 4) is 5.88 Å². The minimum atomic E-state index is -0.682. The Balaban J connectivity index is 2.31. The smallest absolute Gasteiger partial charge is 0.219 e. The van der Waals surface area contributed by atoms with E-state index >= 15 is 0 Å². The van der Waals surface area contributed by atoms with Crippen LogP contribution >= 0.6 is 0 Å². The van der Waals surface area contributed by atoms with Gasteiger partial charge in [0, 0.05) is 11.8 Å². The van der Waals surface area contributed by atoms with Crippen molar-refractivity contribution in [1.29, 1.82) is 0 Å². The normalized spacial score (nSPS) is 18.7. The van der Waals surface area contributed by atoms with Gasteiger partial charge >= 0.3 is 0 Å². The van der Waals surface area contributed by atoms with Gasteiger partial charge in [-0.25, -0.2) is 4.98 Å². The van der Waals surface area contributed by atoms with Crippen molar-refractivity contribution in [2.75, 3.05) is 6.61 Å². The van der Waals surface area contributed by atoms with Crippen LogP contribution in [0, 0.1) is 0 Å². The maximum absolute atomic E-state index is 10.2. The van der Waals surface area contributed by atoms with E-state index in [1.807, 2.05) is 19.1 Å². The predicted molar refractivity (Wildman–Crippen MR) is 53.2 cm³/mol. The molecule has 1 saturated carbocycles. The molecule has 1 aromatic heterocycles. The molecular formula is C11H15NO2. The number of aromatic nitrogens is 1. The summed E-state index contributed by atoms with van der Waals surface area (Å²) in [5.41, 5.74) is 0.159. The van der Waals surface area contributed by atoms with Crippen molar-refractivity contribution in [2.45, 2.75) is 31.8 Å². The first-order chi connectivity index (χ1) is 6.76. The summed E-state index contributed by atoms with van der Waals surface area (Å²) in [5.74, 6) is 0.581. The van der Waals surface area contributed by atoms with Crippen molar-refractivity contribution in [3.63, 3.8) is 0 Å². The number of pyridine rings is 1. The first kappa shape index (κ1) is 9.46. The lowest BCUT2D eigenvalue weighted by atomic mass is 9.75. The molecule has 0 unspecified atom stereocenters. The van der Waals surface area contributed by atoms with Crippen molar-refractivity contribution in [1.82, 2.24) is 4.98 Å². The molecule has 0 bridgehead atoms. The number of aliphatic hydroxyl groups is 1. The monoisotopic (exact) mass is 193 g/mol. The highest BCUT2D eigenvalue weighted by atomic mass is 16.5. The fraction of sp³-hybridized carbons (Fsp3) is 0.545. The van der Waals surface area contributed by atoms with Gasteiger partial charge in [0.2, 0.25) is 5.88 Å². The third kappa shape index (κ3) is 1.48. The Hall–Kier alpha value is -1.09. The summed E-state index contributed by atoms with van der Waals surface area (Å²) in [6.07, 6.45) is 4.41. The van der Waals surface area contributed by atoms with Crippen LogP contribution in [0.5, 0.6) is 5.88 Å². The van der Waals surface area contributed by atoms with Crippen LogP contribution in [0.2, 0.25) is 0 Å². The first-order valence-corrected chi connectivity index (χ1v) is 5.07. The molecule has 3 heteroatoms.